The van der Waals surface area contributed by atoms with Gasteiger partial charge in [-0.3, -0.25) is 14.4 Å². The third-order valence-corrected chi connectivity index (χ3v) is 9.81. The first-order valence-corrected chi connectivity index (χ1v) is 11.9. The molecule has 8 heteroatoms. The van der Waals surface area contributed by atoms with Gasteiger partial charge < -0.3 is 23.4 Å². The summed E-state index contributed by atoms with van der Waals surface area (Å²) in [5.74, 6) is -0.778. The Hall–Kier alpha value is -2.19. The maximum absolute atomic E-state index is 13.5. The molecule has 6 fully saturated rings. The van der Waals surface area contributed by atoms with E-state index in [1.54, 1.807) is 12.5 Å². The van der Waals surface area contributed by atoms with E-state index < -0.39 is 22.2 Å². The Morgan fingerprint density at radius 1 is 1.15 bits per heavy atom. The maximum Gasteiger partial charge on any atom is 0.316 e. The number of carbonyl (C=O) groups excluding carboxylic acids is 3. The second-order valence-electron chi connectivity index (χ2n) is 11.7. The highest BCUT2D eigenvalue weighted by Gasteiger charge is 2.95. The van der Waals surface area contributed by atoms with Crippen molar-refractivity contribution in [1.29, 1.82) is 0 Å². The predicted molar refractivity (Wildman–Crippen MR) is 110 cm³/mol. The van der Waals surface area contributed by atoms with Gasteiger partial charge in [-0.15, -0.1) is 0 Å². The highest BCUT2D eigenvalue weighted by Crippen LogP contribution is 2.88. The lowest BCUT2D eigenvalue weighted by Crippen LogP contribution is -2.45. The number of esters is 2. The first-order chi connectivity index (χ1) is 15.6. The fourth-order valence-electron chi connectivity index (χ4n) is 8.25. The quantitative estimate of drug-likeness (QED) is 0.492. The number of carbonyl (C=O) groups is 3. The zero-order chi connectivity index (χ0) is 23.0. The van der Waals surface area contributed by atoms with Crippen molar-refractivity contribution in [2.45, 2.75) is 94.4 Å². The SMILES string of the molecule is CC1(C)O[C@H]2CC(=O)O[C@]2(C)[C@H]1CC(=O)C[C@]12O[C@H]1CC[C@]13C[C@@]12C(=O)O[C@H]3c1ccoc1. The highest BCUT2D eigenvalue weighted by atomic mass is 16.6. The van der Waals surface area contributed by atoms with Crippen molar-refractivity contribution in [2.24, 2.45) is 16.7 Å². The number of epoxide rings is 1. The van der Waals surface area contributed by atoms with E-state index in [0.717, 1.165) is 18.4 Å². The molecule has 8 nitrogen and oxygen atoms in total. The second kappa shape index (κ2) is 5.71. The Morgan fingerprint density at radius 3 is 2.73 bits per heavy atom. The summed E-state index contributed by atoms with van der Waals surface area (Å²) >= 11 is 0. The smallest absolute Gasteiger partial charge is 0.316 e. The monoisotopic (exact) mass is 456 g/mol. The number of rotatable bonds is 5. The third-order valence-electron chi connectivity index (χ3n) is 9.81. The lowest BCUT2D eigenvalue weighted by atomic mass is 9.67. The number of hydrogen-bond donors (Lipinski definition) is 0. The van der Waals surface area contributed by atoms with Gasteiger partial charge in [0.15, 0.2) is 0 Å². The van der Waals surface area contributed by atoms with Gasteiger partial charge in [0.2, 0.25) is 0 Å². The van der Waals surface area contributed by atoms with E-state index >= 15 is 0 Å². The molecule has 0 bridgehead atoms. The van der Waals surface area contributed by atoms with Gasteiger partial charge in [0.1, 0.15) is 34.6 Å². The van der Waals surface area contributed by atoms with Crippen LogP contribution < -0.4 is 0 Å². The van der Waals surface area contributed by atoms with Crippen LogP contribution >= 0.6 is 0 Å². The van der Waals surface area contributed by atoms with Gasteiger partial charge in [0.05, 0.1) is 30.7 Å². The average Bonchev–Trinajstić information content (AvgIpc) is 3.41. The van der Waals surface area contributed by atoms with E-state index in [4.69, 9.17) is 23.4 Å². The van der Waals surface area contributed by atoms with E-state index in [0.29, 0.717) is 6.42 Å². The number of hydrogen-bond acceptors (Lipinski definition) is 8. The maximum atomic E-state index is 13.5. The zero-order valence-corrected chi connectivity index (χ0v) is 19.1. The molecule has 0 aromatic carbocycles. The highest BCUT2D eigenvalue weighted by molar-refractivity contribution is 5.91. The van der Waals surface area contributed by atoms with Gasteiger partial charge in [0.25, 0.3) is 0 Å². The summed E-state index contributed by atoms with van der Waals surface area (Å²) in [4.78, 5) is 38.7. The molecule has 6 aliphatic rings. The van der Waals surface area contributed by atoms with Gasteiger partial charge in [-0.05, 0) is 46.1 Å². The minimum atomic E-state index is -0.815. The zero-order valence-electron chi connectivity index (χ0n) is 19.1. The summed E-state index contributed by atoms with van der Waals surface area (Å²) in [6, 6.07) is 1.85. The lowest BCUT2D eigenvalue weighted by molar-refractivity contribution is -0.154. The standard InChI is InChI=1S/C25H28O8/c1-21(2)15(22(3)17(31-21)9-18(27)33-22)8-14(26)10-25-16(32-25)4-6-23-12-24(23,25)20(28)30-19(23)13-5-7-29-11-13/h5,7,11,15-17,19H,4,6,8-10,12H2,1-3H3/t15-,16-,17-,19-,22+,23+,24+,25-/m0/s1. The largest absolute Gasteiger partial charge is 0.472 e. The third kappa shape index (κ3) is 2.18. The van der Waals surface area contributed by atoms with Crippen LogP contribution in [0.15, 0.2) is 23.0 Å². The van der Waals surface area contributed by atoms with Crippen LogP contribution in [0.25, 0.3) is 0 Å². The van der Waals surface area contributed by atoms with E-state index in [9.17, 15) is 14.4 Å². The molecule has 5 heterocycles. The number of ketones is 1. The van der Waals surface area contributed by atoms with Crippen molar-refractivity contribution in [3.05, 3.63) is 24.2 Å². The molecule has 2 aliphatic carbocycles. The van der Waals surface area contributed by atoms with E-state index in [1.807, 2.05) is 26.8 Å². The number of furan rings is 1. The molecule has 2 saturated carbocycles. The summed E-state index contributed by atoms with van der Waals surface area (Å²) in [7, 11) is 0. The van der Waals surface area contributed by atoms with Crippen molar-refractivity contribution in [1.82, 2.24) is 0 Å². The van der Waals surface area contributed by atoms with Crippen molar-refractivity contribution >= 4 is 17.7 Å². The summed E-state index contributed by atoms with van der Waals surface area (Å²) in [6.07, 6.45) is 5.41. The molecule has 0 spiro atoms. The van der Waals surface area contributed by atoms with Gasteiger partial charge in [-0.25, -0.2) is 0 Å². The first kappa shape index (κ1) is 20.2. The van der Waals surface area contributed by atoms with Crippen molar-refractivity contribution in [3.8, 4) is 0 Å². The molecule has 0 N–H and O–H groups in total. The number of ether oxygens (including phenoxy) is 4. The average molecular weight is 456 g/mol. The molecule has 0 amide bonds. The predicted octanol–water partition coefficient (Wildman–Crippen LogP) is 3.03. The minimum absolute atomic E-state index is 0.0145. The van der Waals surface area contributed by atoms with Crippen LogP contribution in [0.3, 0.4) is 0 Å². The molecule has 7 rings (SSSR count). The van der Waals surface area contributed by atoms with E-state index in [-0.39, 0.29) is 66.6 Å². The van der Waals surface area contributed by atoms with Crippen LogP contribution in [0.4, 0.5) is 0 Å². The summed E-state index contributed by atoms with van der Waals surface area (Å²) in [6.45, 7) is 5.78. The number of cyclic esters (lactones) is 1. The normalized spacial score (nSPS) is 50.0. The topological polar surface area (TPSA) is 105 Å². The van der Waals surface area contributed by atoms with Gasteiger partial charge in [-0.1, -0.05) is 0 Å². The fraction of sp³-hybridized carbons (Fsp3) is 0.720. The summed E-state index contributed by atoms with van der Waals surface area (Å²) in [5, 5.41) is 0. The molecule has 33 heavy (non-hydrogen) atoms. The molecule has 4 aliphatic heterocycles. The van der Waals surface area contributed by atoms with Crippen LogP contribution in [0.1, 0.15) is 71.0 Å². The lowest BCUT2D eigenvalue weighted by Gasteiger charge is -2.34. The van der Waals surface area contributed by atoms with Crippen LogP contribution in [0, 0.1) is 16.7 Å². The Labute approximate surface area is 191 Å². The molecule has 8 atom stereocenters. The Bertz CT molecular complexity index is 1090. The Kier molecular flexibility index (Phi) is 3.50. The Morgan fingerprint density at radius 2 is 1.97 bits per heavy atom. The van der Waals surface area contributed by atoms with Gasteiger partial charge in [-0.2, -0.15) is 0 Å². The van der Waals surface area contributed by atoms with Gasteiger partial charge in [0, 0.05) is 29.7 Å². The fourth-order valence-corrected chi connectivity index (χ4v) is 8.25. The van der Waals surface area contributed by atoms with Crippen LogP contribution in [-0.4, -0.2) is 46.7 Å². The molecule has 1 aromatic rings. The molecule has 176 valence electrons. The second-order valence-corrected chi connectivity index (χ2v) is 11.7. The van der Waals surface area contributed by atoms with Crippen molar-refractivity contribution in [2.75, 3.05) is 0 Å². The van der Waals surface area contributed by atoms with E-state index in [1.165, 1.54) is 0 Å². The molecular weight excluding hydrogens is 428 g/mol. The number of Topliss-reactive ketones (excluding diaryl/α,β-unsaturated/α-hetero) is 1. The van der Waals surface area contributed by atoms with Gasteiger partial charge >= 0.3 is 11.9 Å². The van der Waals surface area contributed by atoms with Crippen molar-refractivity contribution in [3.63, 3.8) is 0 Å². The van der Waals surface area contributed by atoms with Crippen LogP contribution in [-0.2, 0) is 33.3 Å². The summed E-state index contributed by atoms with van der Waals surface area (Å²) in [5.41, 5.74) is -2.40. The molecule has 1 aromatic heterocycles. The minimum Gasteiger partial charge on any atom is -0.472 e. The molecule has 0 unspecified atom stereocenters. The van der Waals surface area contributed by atoms with Crippen LogP contribution in [0.2, 0.25) is 0 Å². The molecular formula is C25H28O8. The molecule has 0 radical (unpaired) electrons. The van der Waals surface area contributed by atoms with E-state index in [2.05, 4.69) is 0 Å². The first-order valence-electron chi connectivity index (χ1n) is 11.9. The molecule has 4 saturated heterocycles. The summed E-state index contributed by atoms with van der Waals surface area (Å²) < 4.78 is 29.2. The number of fused-ring (bicyclic) bond motifs is 2. The Balaban J connectivity index is 1.16. The van der Waals surface area contributed by atoms with Crippen LogP contribution in [0.5, 0.6) is 0 Å². The van der Waals surface area contributed by atoms with Crippen molar-refractivity contribution < 1.29 is 37.7 Å².